The summed E-state index contributed by atoms with van der Waals surface area (Å²) in [6.07, 6.45) is 0. The van der Waals surface area contributed by atoms with Gasteiger partial charge in [0.25, 0.3) is 0 Å². The molecule has 0 aliphatic carbocycles. The smallest absolute Gasteiger partial charge is 0.00139 e. The van der Waals surface area contributed by atoms with E-state index < -0.39 is 0 Å². The average Bonchev–Trinajstić information content (AvgIpc) is 3.07. The normalized spacial score (nSPS) is 11.3. The average molecular weight is 533 g/mol. The van der Waals surface area contributed by atoms with Crippen LogP contribution < -0.4 is 0 Å². The lowest BCUT2D eigenvalue weighted by Crippen LogP contribution is -1.95. The molecular weight excluding hydrogens is 504 g/mol. The molecule has 0 aromatic heterocycles. The summed E-state index contributed by atoms with van der Waals surface area (Å²) in [4.78, 5) is 0. The van der Waals surface area contributed by atoms with Gasteiger partial charge in [0.15, 0.2) is 0 Å². The molecule has 0 aliphatic heterocycles. The maximum absolute atomic E-state index is 2.31. The van der Waals surface area contributed by atoms with E-state index in [1.165, 1.54) is 76.8 Å². The van der Waals surface area contributed by atoms with Gasteiger partial charge in [0, 0.05) is 0 Å². The van der Waals surface area contributed by atoms with E-state index in [9.17, 15) is 0 Å². The Morgan fingerprint density at radius 2 is 0.595 bits per heavy atom. The predicted molar refractivity (Wildman–Crippen MR) is 181 cm³/mol. The number of fused-ring (bicyclic) bond motifs is 3. The molecule has 0 aliphatic rings. The minimum atomic E-state index is 1.22. The maximum Gasteiger partial charge on any atom is -0.00139 e. The highest BCUT2D eigenvalue weighted by molar-refractivity contribution is 6.25. The van der Waals surface area contributed by atoms with Gasteiger partial charge in [0.2, 0.25) is 0 Å². The molecule has 0 amide bonds. The second-order valence-corrected chi connectivity index (χ2v) is 10.8. The van der Waals surface area contributed by atoms with Crippen LogP contribution in [-0.4, -0.2) is 0 Å². The van der Waals surface area contributed by atoms with Gasteiger partial charge in [-0.15, -0.1) is 0 Å². The molecule has 0 nitrogen and oxygen atoms in total. The highest BCUT2D eigenvalue weighted by atomic mass is 14.2. The van der Waals surface area contributed by atoms with E-state index >= 15 is 0 Å². The van der Waals surface area contributed by atoms with Crippen molar-refractivity contribution in [3.05, 3.63) is 170 Å². The van der Waals surface area contributed by atoms with Crippen LogP contribution in [-0.2, 0) is 0 Å². The van der Waals surface area contributed by atoms with Crippen molar-refractivity contribution in [2.75, 3.05) is 0 Å². The van der Waals surface area contributed by atoms with E-state index in [4.69, 9.17) is 0 Å². The molecule has 0 heterocycles. The highest BCUT2D eigenvalue weighted by Gasteiger charge is 2.22. The lowest BCUT2D eigenvalue weighted by atomic mass is 9.80. The SMILES string of the molecule is c1ccc(-c2cccc(-c3ccccc3)c2-c2c3ccccc3c(-c3cccc4ccccc34)c3ccccc23)cc1. The third kappa shape index (κ3) is 3.92. The Kier molecular flexibility index (Phi) is 5.90. The molecule has 0 unspecified atom stereocenters. The Hall–Kier alpha value is -5.46. The molecule has 0 atom stereocenters. The minimum absolute atomic E-state index is 1.22. The van der Waals surface area contributed by atoms with Crippen molar-refractivity contribution in [3.63, 3.8) is 0 Å². The zero-order valence-corrected chi connectivity index (χ0v) is 23.2. The summed E-state index contributed by atoms with van der Waals surface area (Å²) in [7, 11) is 0. The first-order valence-corrected chi connectivity index (χ1v) is 14.5. The molecule has 196 valence electrons. The van der Waals surface area contributed by atoms with Gasteiger partial charge in [-0.25, -0.2) is 0 Å². The van der Waals surface area contributed by atoms with Crippen LogP contribution in [0.25, 0.3) is 76.8 Å². The molecule has 0 saturated carbocycles. The number of benzene rings is 8. The van der Waals surface area contributed by atoms with Crippen LogP contribution in [0.15, 0.2) is 170 Å². The van der Waals surface area contributed by atoms with Crippen molar-refractivity contribution in [2.24, 2.45) is 0 Å². The third-order valence-corrected chi connectivity index (χ3v) is 8.47. The van der Waals surface area contributed by atoms with Gasteiger partial charge in [-0.2, -0.15) is 0 Å². The molecule has 8 rings (SSSR count). The second kappa shape index (κ2) is 10.2. The molecule has 0 N–H and O–H groups in total. The zero-order valence-electron chi connectivity index (χ0n) is 23.2. The summed E-state index contributed by atoms with van der Waals surface area (Å²) < 4.78 is 0. The molecule has 0 spiro atoms. The predicted octanol–water partition coefficient (Wildman–Crippen LogP) is 11.8. The Balaban J connectivity index is 1.57. The summed E-state index contributed by atoms with van der Waals surface area (Å²) in [5, 5.41) is 7.60. The Bertz CT molecular complexity index is 2100. The molecule has 0 bridgehead atoms. The van der Waals surface area contributed by atoms with Crippen molar-refractivity contribution in [2.45, 2.75) is 0 Å². The van der Waals surface area contributed by atoms with Crippen LogP contribution >= 0.6 is 0 Å². The zero-order chi connectivity index (χ0) is 27.9. The van der Waals surface area contributed by atoms with Gasteiger partial charge in [-0.3, -0.25) is 0 Å². The third-order valence-electron chi connectivity index (χ3n) is 8.47. The number of rotatable bonds is 4. The van der Waals surface area contributed by atoms with Crippen LogP contribution in [0.4, 0.5) is 0 Å². The lowest BCUT2D eigenvalue weighted by Gasteiger charge is -2.22. The number of hydrogen-bond donors (Lipinski definition) is 0. The van der Waals surface area contributed by atoms with Crippen LogP contribution in [0.3, 0.4) is 0 Å². The molecule has 0 fully saturated rings. The molecule has 0 radical (unpaired) electrons. The Morgan fingerprint density at radius 3 is 1.14 bits per heavy atom. The Morgan fingerprint density at radius 1 is 0.214 bits per heavy atom. The standard InChI is InChI=1S/C42H28/c1-3-15-30(16-4-1)33-26-14-27-34(31-17-5-2-6-18-31)41(33)42-38-24-11-9-22-36(38)40(37-23-10-12-25-39(37)42)35-28-13-20-29-19-7-8-21-32(29)35/h1-28H. The van der Waals surface area contributed by atoms with Gasteiger partial charge in [0.05, 0.1) is 0 Å². The quantitative estimate of drug-likeness (QED) is 0.198. The molecular formula is C42H28. The van der Waals surface area contributed by atoms with Crippen molar-refractivity contribution < 1.29 is 0 Å². The molecule has 0 heteroatoms. The van der Waals surface area contributed by atoms with Crippen molar-refractivity contribution in [1.82, 2.24) is 0 Å². The lowest BCUT2D eigenvalue weighted by molar-refractivity contribution is 1.58. The van der Waals surface area contributed by atoms with Gasteiger partial charge >= 0.3 is 0 Å². The highest BCUT2D eigenvalue weighted by Crippen LogP contribution is 2.49. The summed E-state index contributed by atoms with van der Waals surface area (Å²) in [5.41, 5.74) is 10.0. The number of hydrogen-bond acceptors (Lipinski definition) is 0. The fraction of sp³-hybridized carbons (Fsp3) is 0. The van der Waals surface area contributed by atoms with Gasteiger partial charge in [0.1, 0.15) is 0 Å². The van der Waals surface area contributed by atoms with Crippen molar-refractivity contribution in [3.8, 4) is 44.5 Å². The molecule has 8 aromatic rings. The van der Waals surface area contributed by atoms with Crippen LogP contribution in [0.2, 0.25) is 0 Å². The Labute approximate surface area is 246 Å². The molecule has 8 aromatic carbocycles. The summed E-state index contributed by atoms with van der Waals surface area (Å²) in [6, 6.07) is 61.7. The van der Waals surface area contributed by atoms with E-state index in [1.807, 2.05) is 0 Å². The van der Waals surface area contributed by atoms with E-state index in [1.54, 1.807) is 0 Å². The molecule has 0 saturated heterocycles. The fourth-order valence-corrected chi connectivity index (χ4v) is 6.67. The van der Waals surface area contributed by atoms with Crippen LogP contribution in [0, 0.1) is 0 Å². The van der Waals surface area contributed by atoms with Crippen molar-refractivity contribution in [1.29, 1.82) is 0 Å². The minimum Gasteiger partial charge on any atom is -0.0622 e. The van der Waals surface area contributed by atoms with Gasteiger partial charge < -0.3 is 0 Å². The van der Waals surface area contributed by atoms with E-state index in [0.29, 0.717) is 0 Å². The van der Waals surface area contributed by atoms with Gasteiger partial charge in [-0.1, -0.05) is 170 Å². The second-order valence-electron chi connectivity index (χ2n) is 10.8. The first-order chi connectivity index (χ1) is 20.9. The van der Waals surface area contributed by atoms with E-state index in [-0.39, 0.29) is 0 Å². The summed E-state index contributed by atoms with van der Waals surface area (Å²) in [6.45, 7) is 0. The topological polar surface area (TPSA) is 0 Å². The van der Waals surface area contributed by atoms with Crippen molar-refractivity contribution >= 4 is 32.3 Å². The van der Waals surface area contributed by atoms with E-state index in [2.05, 4.69) is 170 Å². The van der Waals surface area contributed by atoms with E-state index in [0.717, 1.165) is 0 Å². The summed E-state index contributed by atoms with van der Waals surface area (Å²) in [5.74, 6) is 0. The fourth-order valence-electron chi connectivity index (χ4n) is 6.67. The monoisotopic (exact) mass is 532 g/mol. The largest absolute Gasteiger partial charge is 0.0622 e. The first-order valence-electron chi connectivity index (χ1n) is 14.5. The summed E-state index contributed by atoms with van der Waals surface area (Å²) >= 11 is 0. The van der Waals surface area contributed by atoms with Crippen LogP contribution in [0.1, 0.15) is 0 Å². The first kappa shape index (κ1) is 24.3. The molecule has 42 heavy (non-hydrogen) atoms. The van der Waals surface area contributed by atoms with Crippen LogP contribution in [0.5, 0.6) is 0 Å². The maximum atomic E-state index is 2.31. The van der Waals surface area contributed by atoms with Gasteiger partial charge in [-0.05, 0) is 76.8 Å².